The van der Waals surface area contributed by atoms with Gasteiger partial charge in [0.25, 0.3) is 0 Å². The molecular weight excluding hydrogens is 242 g/mol. The number of nitrogens with one attached hydrogen (secondary N) is 2. The monoisotopic (exact) mass is 259 g/mol. The van der Waals surface area contributed by atoms with Crippen molar-refractivity contribution >= 4 is 33.9 Å². The maximum absolute atomic E-state index is 5.21. The Morgan fingerprint density at radius 1 is 1.28 bits per heavy atom. The molecule has 0 unspecified atom stereocenters. The van der Waals surface area contributed by atoms with Crippen LogP contribution in [0, 0.1) is 6.92 Å². The molecule has 1 aromatic heterocycles. The van der Waals surface area contributed by atoms with Gasteiger partial charge in [-0.1, -0.05) is 11.6 Å². The molecular formula is C14H17N3S. The summed E-state index contributed by atoms with van der Waals surface area (Å²) < 4.78 is 0. The summed E-state index contributed by atoms with van der Waals surface area (Å²) >= 11 is 5.21. The summed E-state index contributed by atoms with van der Waals surface area (Å²) in [5.74, 6) is 0. The molecule has 0 aliphatic rings. The molecule has 0 fully saturated rings. The van der Waals surface area contributed by atoms with Gasteiger partial charge in [0.05, 0.1) is 17.4 Å². The van der Waals surface area contributed by atoms with Gasteiger partial charge >= 0.3 is 0 Å². The fourth-order valence-corrected chi connectivity index (χ4v) is 2.10. The van der Waals surface area contributed by atoms with E-state index in [1.165, 1.54) is 5.56 Å². The van der Waals surface area contributed by atoms with E-state index in [0.717, 1.165) is 16.6 Å². The molecule has 94 valence electrons. The van der Waals surface area contributed by atoms with E-state index in [1.807, 2.05) is 6.07 Å². The van der Waals surface area contributed by atoms with Crippen LogP contribution in [-0.4, -0.2) is 16.1 Å². The largest absolute Gasteiger partial charge is 0.360 e. The van der Waals surface area contributed by atoms with Gasteiger partial charge in [0, 0.05) is 11.4 Å². The maximum atomic E-state index is 5.21. The smallest absolute Gasteiger partial charge is 0.171 e. The molecule has 1 aromatic carbocycles. The number of nitrogens with zero attached hydrogens (tertiary/aromatic N) is 1. The summed E-state index contributed by atoms with van der Waals surface area (Å²) in [5.41, 5.74) is 3.13. The first kappa shape index (κ1) is 12.8. The van der Waals surface area contributed by atoms with E-state index in [2.05, 4.69) is 54.6 Å². The summed E-state index contributed by atoms with van der Waals surface area (Å²) in [6.07, 6.45) is 1.80. The van der Waals surface area contributed by atoms with Crippen molar-refractivity contribution in [3.63, 3.8) is 0 Å². The van der Waals surface area contributed by atoms with Crippen molar-refractivity contribution in [3.05, 3.63) is 36.0 Å². The molecule has 2 N–H and O–H groups in total. The predicted octanol–water partition coefficient (Wildman–Crippen LogP) is 3.24. The molecule has 18 heavy (non-hydrogen) atoms. The number of thiocarbonyl (C=S) groups is 1. The molecule has 0 saturated heterocycles. The highest BCUT2D eigenvalue weighted by atomic mass is 32.1. The third-order valence-electron chi connectivity index (χ3n) is 2.51. The third kappa shape index (κ3) is 3.17. The van der Waals surface area contributed by atoms with Gasteiger partial charge in [-0.15, -0.1) is 0 Å². The Morgan fingerprint density at radius 3 is 2.78 bits per heavy atom. The van der Waals surface area contributed by atoms with Crippen LogP contribution >= 0.6 is 12.2 Å². The minimum Gasteiger partial charge on any atom is -0.360 e. The van der Waals surface area contributed by atoms with Gasteiger partial charge in [0.15, 0.2) is 5.11 Å². The van der Waals surface area contributed by atoms with Gasteiger partial charge < -0.3 is 10.6 Å². The second-order valence-corrected chi connectivity index (χ2v) is 5.08. The second-order valence-electron chi connectivity index (χ2n) is 4.67. The third-order valence-corrected chi connectivity index (χ3v) is 2.73. The lowest BCUT2D eigenvalue weighted by molar-refractivity contribution is 0.739. The molecule has 0 spiro atoms. The predicted molar refractivity (Wildman–Crippen MR) is 81.0 cm³/mol. The van der Waals surface area contributed by atoms with Gasteiger partial charge in [-0.05, 0) is 51.2 Å². The van der Waals surface area contributed by atoms with Crippen molar-refractivity contribution in [2.75, 3.05) is 5.32 Å². The Bertz CT molecular complexity index is 578. The second kappa shape index (κ2) is 5.31. The number of fused-ring (bicyclic) bond motifs is 1. The number of benzene rings is 1. The van der Waals surface area contributed by atoms with Crippen molar-refractivity contribution in [1.82, 2.24) is 10.3 Å². The molecule has 0 radical (unpaired) electrons. The van der Waals surface area contributed by atoms with E-state index in [4.69, 9.17) is 12.2 Å². The number of aromatic nitrogens is 1. The minimum atomic E-state index is 0.320. The topological polar surface area (TPSA) is 37.0 Å². The summed E-state index contributed by atoms with van der Waals surface area (Å²) in [6, 6.07) is 8.59. The average molecular weight is 259 g/mol. The SMILES string of the molecule is Cc1ccc2ncc(NC(=S)NC(C)C)cc2c1. The molecule has 0 aliphatic heterocycles. The van der Waals surface area contributed by atoms with E-state index >= 15 is 0 Å². The van der Waals surface area contributed by atoms with Crippen LogP contribution in [0.15, 0.2) is 30.5 Å². The van der Waals surface area contributed by atoms with Crippen LogP contribution in [0.5, 0.6) is 0 Å². The average Bonchev–Trinajstić information content (AvgIpc) is 2.27. The Kier molecular flexibility index (Phi) is 3.77. The number of hydrogen-bond acceptors (Lipinski definition) is 2. The molecule has 0 atom stereocenters. The lowest BCUT2D eigenvalue weighted by Gasteiger charge is -2.13. The van der Waals surface area contributed by atoms with Crippen molar-refractivity contribution in [2.24, 2.45) is 0 Å². The maximum Gasteiger partial charge on any atom is 0.171 e. The van der Waals surface area contributed by atoms with Crippen LogP contribution < -0.4 is 10.6 Å². The Hall–Kier alpha value is -1.68. The standard InChI is InChI=1S/C14H17N3S/c1-9(2)16-14(18)17-12-7-11-6-10(3)4-5-13(11)15-8-12/h4-9H,1-3H3,(H2,16,17,18). The summed E-state index contributed by atoms with van der Waals surface area (Å²) in [7, 11) is 0. The fourth-order valence-electron chi connectivity index (χ4n) is 1.75. The van der Waals surface area contributed by atoms with Crippen LogP contribution in [-0.2, 0) is 0 Å². The molecule has 0 bridgehead atoms. The van der Waals surface area contributed by atoms with E-state index in [0.29, 0.717) is 11.2 Å². The Morgan fingerprint density at radius 2 is 2.06 bits per heavy atom. The Balaban J connectivity index is 2.21. The van der Waals surface area contributed by atoms with Gasteiger partial charge in [-0.3, -0.25) is 4.98 Å². The highest BCUT2D eigenvalue weighted by Crippen LogP contribution is 2.17. The van der Waals surface area contributed by atoms with E-state index in [-0.39, 0.29) is 0 Å². The molecule has 1 heterocycles. The normalized spacial score (nSPS) is 10.7. The van der Waals surface area contributed by atoms with Crippen molar-refractivity contribution in [2.45, 2.75) is 26.8 Å². The lowest BCUT2D eigenvalue weighted by atomic mass is 10.1. The van der Waals surface area contributed by atoms with E-state index in [1.54, 1.807) is 6.20 Å². The summed E-state index contributed by atoms with van der Waals surface area (Å²) in [5, 5.41) is 8.03. The Labute approximate surface area is 113 Å². The van der Waals surface area contributed by atoms with Crippen molar-refractivity contribution < 1.29 is 0 Å². The lowest BCUT2D eigenvalue weighted by Crippen LogP contribution is -2.33. The number of anilines is 1. The van der Waals surface area contributed by atoms with Crippen LogP contribution in [0.4, 0.5) is 5.69 Å². The number of pyridine rings is 1. The fraction of sp³-hybridized carbons (Fsp3) is 0.286. The van der Waals surface area contributed by atoms with Crippen LogP contribution in [0.25, 0.3) is 10.9 Å². The van der Waals surface area contributed by atoms with E-state index in [9.17, 15) is 0 Å². The van der Waals surface area contributed by atoms with Crippen LogP contribution in [0.1, 0.15) is 19.4 Å². The summed E-state index contributed by atoms with van der Waals surface area (Å²) in [4.78, 5) is 4.40. The highest BCUT2D eigenvalue weighted by molar-refractivity contribution is 7.80. The minimum absolute atomic E-state index is 0.320. The van der Waals surface area contributed by atoms with Crippen molar-refractivity contribution in [3.8, 4) is 0 Å². The first-order chi connectivity index (χ1) is 8.54. The molecule has 4 heteroatoms. The zero-order valence-corrected chi connectivity index (χ0v) is 11.6. The van der Waals surface area contributed by atoms with Gasteiger partial charge in [0.1, 0.15) is 0 Å². The number of hydrogen-bond donors (Lipinski definition) is 2. The zero-order valence-electron chi connectivity index (χ0n) is 10.8. The van der Waals surface area contributed by atoms with Gasteiger partial charge in [-0.2, -0.15) is 0 Å². The number of aryl methyl sites for hydroxylation is 1. The molecule has 2 rings (SSSR count). The van der Waals surface area contributed by atoms with E-state index < -0.39 is 0 Å². The first-order valence-corrected chi connectivity index (χ1v) is 6.39. The molecule has 0 aliphatic carbocycles. The molecule has 3 nitrogen and oxygen atoms in total. The van der Waals surface area contributed by atoms with Crippen LogP contribution in [0.3, 0.4) is 0 Å². The molecule has 0 amide bonds. The van der Waals surface area contributed by atoms with Gasteiger partial charge in [-0.25, -0.2) is 0 Å². The number of rotatable bonds is 2. The quantitative estimate of drug-likeness (QED) is 0.812. The summed E-state index contributed by atoms with van der Waals surface area (Å²) in [6.45, 7) is 6.18. The molecule has 0 saturated carbocycles. The zero-order chi connectivity index (χ0) is 13.1. The van der Waals surface area contributed by atoms with Gasteiger partial charge in [0.2, 0.25) is 0 Å². The first-order valence-electron chi connectivity index (χ1n) is 5.98. The van der Waals surface area contributed by atoms with Crippen molar-refractivity contribution in [1.29, 1.82) is 0 Å². The highest BCUT2D eigenvalue weighted by Gasteiger charge is 2.02. The van der Waals surface area contributed by atoms with Crippen LogP contribution in [0.2, 0.25) is 0 Å². The molecule has 2 aromatic rings.